The van der Waals surface area contributed by atoms with Crippen LogP contribution >= 0.6 is 15.9 Å². The highest BCUT2D eigenvalue weighted by Crippen LogP contribution is 2.28. The Morgan fingerprint density at radius 1 is 1.06 bits per heavy atom. The van der Waals surface area contributed by atoms with Crippen molar-refractivity contribution in [1.82, 2.24) is 4.98 Å². The summed E-state index contributed by atoms with van der Waals surface area (Å²) in [5.74, 6) is 0.962. The molecule has 2 rings (SSSR count). The minimum atomic E-state index is 0.962. The van der Waals surface area contributed by atoms with Gasteiger partial charge in [0.25, 0.3) is 0 Å². The van der Waals surface area contributed by atoms with E-state index in [-0.39, 0.29) is 0 Å². The molecule has 2 aromatic rings. The number of rotatable bonds is 2. The van der Waals surface area contributed by atoms with E-state index in [4.69, 9.17) is 0 Å². The van der Waals surface area contributed by atoms with Crippen molar-refractivity contribution in [3.05, 3.63) is 51.6 Å². The van der Waals surface area contributed by atoms with Crippen LogP contribution in [0, 0.1) is 20.8 Å². The summed E-state index contributed by atoms with van der Waals surface area (Å²) < 4.78 is 1.04. The number of hydrogen-bond donors (Lipinski definition) is 0. The molecule has 1 heterocycles. The maximum atomic E-state index is 4.47. The molecule has 0 fully saturated rings. The third-order valence-electron chi connectivity index (χ3n) is 3.10. The van der Waals surface area contributed by atoms with Gasteiger partial charge < -0.3 is 4.90 Å². The van der Waals surface area contributed by atoms with Gasteiger partial charge in [-0.15, -0.1) is 0 Å². The lowest BCUT2D eigenvalue weighted by atomic mass is 10.1. The molecule has 0 saturated carbocycles. The number of aryl methyl sites for hydroxylation is 3. The van der Waals surface area contributed by atoms with Gasteiger partial charge in [0.2, 0.25) is 0 Å². The SMILES string of the molecule is Cc1ccc(C)c(N(C)c2cc(C)c(Br)cn2)c1. The molecule has 0 radical (unpaired) electrons. The van der Waals surface area contributed by atoms with Crippen molar-refractivity contribution in [3.8, 4) is 0 Å². The summed E-state index contributed by atoms with van der Waals surface area (Å²) >= 11 is 3.48. The summed E-state index contributed by atoms with van der Waals surface area (Å²) in [6.45, 7) is 6.31. The number of halogens is 1. The van der Waals surface area contributed by atoms with Gasteiger partial charge in [-0.2, -0.15) is 0 Å². The van der Waals surface area contributed by atoms with Crippen LogP contribution in [0.2, 0.25) is 0 Å². The topological polar surface area (TPSA) is 16.1 Å². The Labute approximate surface area is 117 Å². The second-order valence-electron chi connectivity index (χ2n) is 4.64. The molecule has 0 aliphatic heterocycles. The van der Waals surface area contributed by atoms with Crippen LogP contribution in [-0.2, 0) is 0 Å². The van der Waals surface area contributed by atoms with E-state index in [1.54, 1.807) is 0 Å². The molecule has 3 heteroatoms. The Kier molecular flexibility index (Phi) is 3.71. The van der Waals surface area contributed by atoms with Gasteiger partial charge in [0.05, 0.1) is 0 Å². The van der Waals surface area contributed by atoms with Gasteiger partial charge in [-0.1, -0.05) is 12.1 Å². The maximum Gasteiger partial charge on any atom is 0.132 e. The van der Waals surface area contributed by atoms with Crippen LogP contribution in [0.15, 0.2) is 34.9 Å². The molecule has 0 aliphatic rings. The Balaban J connectivity index is 2.44. The van der Waals surface area contributed by atoms with Gasteiger partial charge in [0.1, 0.15) is 5.82 Å². The molecule has 0 N–H and O–H groups in total. The quantitative estimate of drug-likeness (QED) is 0.810. The molecule has 2 nitrogen and oxygen atoms in total. The number of benzene rings is 1. The van der Waals surface area contributed by atoms with Crippen molar-refractivity contribution in [3.63, 3.8) is 0 Å². The predicted molar refractivity (Wildman–Crippen MR) is 80.7 cm³/mol. The van der Waals surface area contributed by atoms with E-state index in [9.17, 15) is 0 Å². The smallest absolute Gasteiger partial charge is 0.132 e. The lowest BCUT2D eigenvalue weighted by molar-refractivity contribution is 1.10. The summed E-state index contributed by atoms with van der Waals surface area (Å²) in [5, 5.41) is 0. The third-order valence-corrected chi connectivity index (χ3v) is 3.93. The Morgan fingerprint density at radius 2 is 1.78 bits per heavy atom. The average molecular weight is 305 g/mol. The molecule has 0 amide bonds. The van der Waals surface area contributed by atoms with Crippen molar-refractivity contribution in [1.29, 1.82) is 0 Å². The Bertz CT molecular complexity index is 579. The molecule has 0 spiro atoms. The molecular weight excluding hydrogens is 288 g/mol. The summed E-state index contributed by atoms with van der Waals surface area (Å²) in [7, 11) is 2.05. The fourth-order valence-corrected chi connectivity index (χ4v) is 2.13. The molecule has 1 aromatic carbocycles. The second-order valence-corrected chi connectivity index (χ2v) is 5.49. The molecule has 1 aromatic heterocycles. The lowest BCUT2D eigenvalue weighted by Crippen LogP contribution is -2.12. The predicted octanol–water partition coefficient (Wildman–Crippen LogP) is 4.54. The van der Waals surface area contributed by atoms with Gasteiger partial charge in [0.15, 0.2) is 0 Å². The highest BCUT2D eigenvalue weighted by atomic mass is 79.9. The van der Waals surface area contributed by atoms with Crippen molar-refractivity contribution >= 4 is 27.4 Å². The van der Waals surface area contributed by atoms with Crippen molar-refractivity contribution in [2.24, 2.45) is 0 Å². The van der Waals surface area contributed by atoms with Gasteiger partial charge in [0, 0.05) is 23.4 Å². The van der Waals surface area contributed by atoms with E-state index in [0.29, 0.717) is 0 Å². The van der Waals surface area contributed by atoms with Crippen LogP contribution < -0.4 is 4.90 Å². The van der Waals surface area contributed by atoms with E-state index < -0.39 is 0 Å². The maximum absolute atomic E-state index is 4.47. The number of hydrogen-bond acceptors (Lipinski definition) is 2. The van der Waals surface area contributed by atoms with Crippen molar-refractivity contribution in [2.75, 3.05) is 11.9 Å². The first kappa shape index (κ1) is 13.1. The zero-order valence-electron chi connectivity index (χ0n) is 11.2. The minimum absolute atomic E-state index is 0.962. The van der Waals surface area contributed by atoms with Gasteiger partial charge >= 0.3 is 0 Å². The van der Waals surface area contributed by atoms with E-state index in [1.807, 2.05) is 6.20 Å². The second kappa shape index (κ2) is 5.11. The van der Waals surface area contributed by atoms with Gasteiger partial charge in [-0.25, -0.2) is 4.98 Å². The van der Waals surface area contributed by atoms with Crippen molar-refractivity contribution in [2.45, 2.75) is 20.8 Å². The van der Waals surface area contributed by atoms with Crippen LogP contribution in [0.1, 0.15) is 16.7 Å². The zero-order chi connectivity index (χ0) is 13.3. The Hall–Kier alpha value is -1.35. The molecule has 0 aliphatic carbocycles. The normalized spacial score (nSPS) is 10.5. The molecule has 0 unspecified atom stereocenters. The number of anilines is 2. The van der Waals surface area contributed by atoms with Crippen molar-refractivity contribution < 1.29 is 0 Å². The molecule has 0 bridgehead atoms. The standard InChI is InChI=1S/C15H17BrN2/c1-10-5-6-11(2)14(7-10)18(4)15-8-12(3)13(16)9-17-15/h5-9H,1-4H3. The fourth-order valence-electron chi connectivity index (χ4n) is 1.91. The van der Waals surface area contributed by atoms with E-state index in [2.05, 4.69) is 77.9 Å². The largest absolute Gasteiger partial charge is 0.329 e. The highest BCUT2D eigenvalue weighted by Gasteiger charge is 2.09. The summed E-state index contributed by atoms with van der Waals surface area (Å²) in [5.41, 5.74) is 4.91. The van der Waals surface area contributed by atoms with Crippen LogP contribution in [0.3, 0.4) is 0 Å². The molecular formula is C15H17BrN2. The van der Waals surface area contributed by atoms with Gasteiger partial charge in [-0.05, 0) is 65.5 Å². The minimum Gasteiger partial charge on any atom is -0.329 e. The molecule has 0 atom stereocenters. The number of aromatic nitrogens is 1. The first-order valence-electron chi connectivity index (χ1n) is 5.92. The molecule has 18 heavy (non-hydrogen) atoms. The number of pyridine rings is 1. The van der Waals surface area contributed by atoms with Crippen LogP contribution in [0.4, 0.5) is 11.5 Å². The first-order chi connectivity index (χ1) is 8.49. The van der Waals surface area contributed by atoms with E-state index in [0.717, 1.165) is 10.3 Å². The molecule has 94 valence electrons. The average Bonchev–Trinajstić information content (AvgIpc) is 2.35. The number of nitrogens with zero attached hydrogens (tertiary/aromatic N) is 2. The summed E-state index contributed by atoms with van der Waals surface area (Å²) in [4.78, 5) is 6.59. The van der Waals surface area contributed by atoms with E-state index >= 15 is 0 Å². The van der Waals surface area contributed by atoms with Crippen LogP contribution in [0.5, 0.6) is 0 Å². The highest BCUT2D eigenvalue weighted by molar-refractivity contribution is 9.10. The van der Waals surface area contributed by atoms with E-state index in [1.165, 1.54) is 22.4 Å². The molecule has 0 saturated heterocycles. The zero-order valence-corrected chi connectivity index (χ0v) is 12.7. The van der Waals surface area contributed by atoms with Crippen LogP contribution in [0.25, 0.3) is 0 Å². The summed E-state index contributed by atoms with van der Waals surface area (Å²) in [6, 6.07) is 8.56. The Morgan fingerprint density at radius 3 is 2.44 bits per heavy atom. The fraction of sp³-hybridized carbons (Fsp3) is 0.267. The monoisotopic (exact) mass is 304 g/mol. The third kappa shape index (κ3) is 2.56. The van der Waals surface area contributed by atoms with Gasteiger partial charge in [-0.3, -0.25) is 0 Å². The summed E-state index contributed by atoms with van der Waals surface area (Å²) in [6.07, 6.45) is 1.85. The first-order valence-corrected chi connectivity index (χ1v) is 6.71. The van der Waals surface area contributed by atoms with Crippen LogP contribution in [-0.4, -0.2) is 12.0 Å². The lowest BCUT2D eigenvalue weighted by Gasteiger charge is -2.21.